The largest absolute Gasteiger partial charge is 0.387 e. The molecule has 15 heavy (non-hydrogen) atoms. The highest BCUT2D eigenvalue weighted by atomic mass is 16.3. The average molecular weight is 203 g/mol. The van der Waals surface area contributed by atoms with Crippen LogP contribution in [0.3, 0.4) is 0 Å². The smallest absolute Gasteiger partial charge is 0.0872 e. The van der Waals surface area contributed by atoms with Crippen molar-refractivity contribution < 1.29 is 5.11 Å². The first kappa shape index (κ1) is 11.7. The monoisotopic (exact) mass is 203 g/mol. The quantitative estimate of drug-likeness (QED) is 0.735. The normalized spacial score (nSPS) is 15.9. The molecule has 80 valence electrons. The van der Waals surface area contributed by atoms with E-state index in [1.807, 2.05) is 42.5 Å². The second-order valence-electron chi connectivity index (χ2n) is 3.50. The molecule has 0 bridgehead atoms. The molecule has 0 saturated heterocycles. The summed E-state index contributed by atoms with van der Waals surface area (Å²) in [6.45, 7) is 1.77. The van der Waals surface area contributed by atoms with Crippen LogP contribution in [0.15, 0.2) is 48.6 Å². The van der Waals surface area contributed by atoms with Gasteiger partial charge in [-0.15, -0.1) is 0 Å². The first-order valence-corrected chi connectivity index (χ1v) is 5.03. The Morgan fingerprint density at radius 1 is 1.20 bits per heavy atom. The van der Waals surface area contributed by atoms with Crippen molar-refractivity contribution in [1.82, 2.24) is 0 Å². The van der Waals surface area contributed by atoms with E-state index in [4.69, 9.17) is 5.73 Å². The molecule has 0 spiro atoms. The van der Waals surface area contributed by atoms with Gasteiger partial charge in [-0.1, -0.05) is 54.6 Å². The lowest BCUT2D eigenvalue weighted by Gasteiger charge is -2.07. The Bertz CT molecular complexity index is 328. The average Bonchev–Trinajstić information content (AvgIpc) is 2.25. The zero-order chi connectivity index (χ0) is 11.1. The Hall–Kier alpha value is -1.38. The van der Waals surface area contributed by atoms with Crippen LogP contribution in [0.5, 0.6) is 0 Å². The molecule has 0 saturated carbocycles. The fourth-order valence-corrected chi connectivity index (χ4v) is 1.08. The minimum atomic E-state index is -0.578. The Morgan fingerprint density at radius 2 is 1.87 bits per heavy atom. The van der Waals surface area contributed by atoms with Gasteiger partial charge >= 0.3 is 0 Å². The van der Waals surface area contributed by atoms with Crippen molar-refractivity contribution in [3.8, 4) is 0 Å². The van der Waals surface area contributed by atoms with Crippen LogP contribution < -0.4 is 5.73 Å². The van der Waals surface area contributed by atoms with Gasteiger partial charge in [0.05, 0.1) is 6.10 Å². The van der Waals surface area contributed by atoms with E-state index in [-0.39, 0.29) is 6.04 Å². The minimum Gasteiger partial charge on any atom is -0.387 e. The van der Waals surface area contributed by atoms with E-state index in [1.165, 1.54) is 0 Å². The lowest BCUT2D eigenvalue weighted by molar-refractivity contribution is 0.198. The molecule has 2 nitrogen and oxygen atoms in total. The van der Waals surface area contributed by atoms with E-state index in [0.717, 1.165) is 5.56 Å². The van der Waals surface area contributed by atoms with Crippen LogP contribution >= 0.6 is 0 Å². The molecule has 0 heterocycles. The van der Waals surface area contributed by atoms with Crippen LogP contribution in [0.1, 0.15) is 12.5 Å². The van der Waals surface area contributed by atoms with Crippen LogP contribution in [-0.4, -0.2) is 17.3 Å². The van der Waals surface area contributed by atoms with Crippen LogP contribution in [0, 0.1) is 0 Å². The summed E-state index contributed by atoms with van der Waals surface area (Å²) in [6, 6.07) is 9.76. The van der Waals surface area contributed by atoms with Gasteiger partial charge in [0, 0.05) is 6.04 Å². The molecule has 1 rings (SSSR count). The Labute approximate surface area is 90.7 Å². The molecule has 0 aliphatic carbocycles. The van der Waals surface area contributed by atoms with E-state index in [2.05, 4.69) is 0 Å². The number of hydrogen-bond acceptors (Lipinski definition) is 2. The molecule has 0 aliphatic rings. The predicted molar refractivity (Wildman–Crippen MR) is 64.3 cm³/mol. The number of hydrogen-bond donors (Lipinski definition) is 2. The number of aliphatic hydroxyl groups excluding tert-OH is 1. The van der Waals surface area contributed by atoms with Gasteiger partial charge in [-0.3, -0.25) is 0 Å². The summed E-state index contributed by atoms with van der Waals surface area (Å²) in [7, 11) is 0. The molecule has 0 amide bonds. The maximum atomic E-state index is 9.38. The number of benzene rings is 1. The third kappa shape index (κ3) is 4.58. The summed E-state index contributed by atoms with van der Waals surface area (Å²) < 4.78 is 0. The maximum Gasteiger partial charge on any atom is 0.0872 e. The third-order valence-electron chi connectivity index (χ3n) is 2.05. The maximum absolute atomic E-state index is 9.38. The second kappa shape index (κ2) is 6.17. The SMILES string of the molecule is CC(N)C(O)/C=C/C=C/c1ccccc1. The zero-order valence-electron chi connectivity index (χ0n) is 8.88. The Kier molecular flexibility index (Phi) is 4.81. The van der Waals surface area contributed by atoms with Gasteiger partial charge < -0.3 is 10.8 Å². The summed E-state index contributed by atoms with van der Waals surface area (Å²) in [6.07, 6.45) is 6.78. The van der Waals surface area contributed by atoms with Crippen LogP contribution in [-0.2, 0) is 0 Å². The highest BCUT2D eigenvalue weighted by molar-refractivity contribution is 5.50. The standard InChI is InChI=1S/C13H17NO/c1-11(14)13(15)10-6-5-9-12-7-3-2-4-8-12/h2-11,13,15H,14H2,1H3/b9-5+,10-6+. The topological polar surface area (TPSA) is 46.2 Å². The van der Waals surface area contributed by atoms with Crippen molar-refractivity contribution in [3.63, 3.8) is 0 Å². The van der Waals surface area contributed by atoms with Crippen LogP contribution in [0.25, 0.3) is 6.08 Å². The predicted octanol–water partition coefficient (Wildman–Crippen LogP) is 1.96. The van der Waals surface area contributed by atoms with Crippen molar-refractivity contribution in [2.75, 3.05) is 0 Å². The van der Waals surface area contributed by atoms with E-state index in [0.29, 0.717) is 0 Å². The van der Waals surface area contributed by atoms with E-state index >= 15 is 0 Å². The summed E-state index contributed by atoms with van der Waals surface area (Å²) in [5, 5.41) is 9.38. The van der Waals surface area contributed by atoms with E-state index < -0.39 is 6.10 Å². The second-order valence-corrected chi connectivity index (χ2v) is 3.50. The molecular weight excluding hydrogens is 186 g/mol. The molecule has 0 fully saturated rings. The lowest BCUT2D eigenvalue weighted by Crippen LogP contribution is -2.29. The Morgan fingerprint density at radius 3 is 2.47 bits per heavy atom. The minimum absolute atomic E-state index is 0.230. The summed E-state index contributed by atoms with van der Waals surface area (Å²) in [5.74, 6) is 0. The van der Waals surface area contributed by atoms with Gasteiger partial charge in [0.15, 0.2) is 0 Å². The molecule has 1 aromatic rings. The molecule has 0 aliphatic heterocycles. The van der Waals surface area contributed by atoms with Crippen molar-refractivity contribution in [3.05, 3.63) is 54.1 Å². The first-order chi connectivity index (χ1) is 7.20. The summed E-state index contributed by atoms with van der Waals surface area (Å²) >= 11 is 0. The van der Waals surface area contributed by atoms with E-state index in [9.17, 15) is 5.11 Å². The molecule has 1 aromatic carbocycles. The number of nitrogens with two attached hydrogens (primary N) is 1. The van der Waals surface area contributed by atoms with Gasteiger partial charge in [0.25, 0.3) is 0 Å². The summed E-state index contributed by atoms with van der Waals surface area (Å²) in [4.78, 5) is 0. The van der Waals surface area contributed by atoms with Gasteiger partial charge in [-0.25, -0.2) is 0 Å². The van der Waals surface area contributed by atoms with Gasteiger partial charge in [0.2, 0.25) is 0 Å². The highest BCUT2D eigenvalue weighted by Gasteiger charge is 2.02. The van der Waals surface area contributed by atoms with Crippen molar-refractivity contribution in [2.45, 2.75) is 19.1 Å². The highest BCUT2D eigenvalue weighted by Crippen LogP contribution is 2.01. The van der Waals surface area contributed by atoms with Crippen LogP contribution in [0.4, 0.5) is 0 Å². The van der Waals surface area contributed by atoms with Crippen molar-refractivity contribution >= 4 is 6.08 Å². The first-order valence-electron chi connectivity index (χ1n) is 5.03. The number of aliphatic hydroxyl groups is 1. The van der Waals surface area contributed by atoms with Gasteiger partial charge in [-0.05, 0) is 12.5 Å². The molecule has 2 heteroatoms. The molecule has 3 N–H and O–H groups in total. The molecule has 2 unspecified atom stereocenters. The zero-order valence-corrected chi connectivity index (χ0v) is 8.88. The fraction of sp³-hybridized carbons (Fsp3) is 0.231. The van der Waals surface area contributed by atoms with Crippen molar-refractivity contribution in [1.29, 1.82) is 0 Å². The summed E-state index contributed by atoms with van der Waals surface area (Å²) in [5.41, 5.74) is 6.64. The third-order valence-corrected chi connectivity index (χ3v) is 2.05. The lowest BCUT2D eigenvalue weighted by atomic mass is 10.2. The molecular formula is C13H17NO. The fourth-order valence-electron chi connectivity index (χ4n) is 1.08. The number of rotatable bonds is 4. The molecule has 0 aromatic heterocycles. The van der Waals surface area contributed by atoms with Crippen molar-refractivity contribution in [2.24, 2.45) is 5.73 Å². The van der Waals surface area contributed by atoms with E-state index in [1.54, 1.807) is 19.1 Å². The van der Waals surface area contributed by atoms with Gasteiger partial charge in [0.1, 0.15) is 0 Å². The van der Waals surface area contributed by atoms with Gasteiger partial charge in [-0.2, -0.15) is 0 Å². The number of allylic oxidation sites excluding steroid dienone is 2. The molecule has 0 radical (unpaired) electrons. The van der Waals surface area contributed by atoms with Crippen LogP contribution in [0.2, 0.25) is 0 Å². The molecule has 2 atom stereocenters. The Balaban J connectivity index is 2.47.